The topological polar surface area (TPSA) is 67.9 Å². The van der Waals surface area contributed by atoms with Crippen LogP contribution in [-0.4, -0.2) is 62.3 Å². The zero-order chi connectivity index (χ0) is 40.5. The molecule has 55 heavy (non-hydrogen) atoms. The fourth-order valence-electron chi connectivity index (χ4n) is 7.76. The summed E-state index contributed by atoms with van der Waals surface area (Å²) in [5.41, 5.74) is -0.785. The number of hydrogen-bond donors (Lipinski definition) is 1. The minimum atomic E-state index is -0.785. The predicted octanol–water partition coefficient (Wildman–Crippen LogP) is 14.3. The summed E-state index contributed by atoms with van der Waals surface area (Å²) in [4.78, 5) is 27.2. The zero-order valence-electron chi connectivity index (χ0n) is 38.2. The van der Waals surface area contributed by atoms with E-state index in [-0.39, 0.29) is 11.9 Å². The van der Waals surface area contributed by atoms with Gasteiger partial charge in [-0.25, -0.2) is 0 Å². The molecule has 0 aromatic carbocycles. The first-order chi connectivity index (χ1) is 26.8. The molecule has 0 spiro atoms. The van der Waals surface area contributed by atoms with Crippen molar-refractivity contribution in [3.8, 4) is 0 Å². The van der Waals surface area contributed by atoms with Gasteiger partial charge in [0.05, 0.1) is 6.61 Å². The Morgan fingerprint density at radius 1 is 0.509 bits per heavy atom. The van der Waals surface area contributed by atoms with E-state index in [2.05, 4.69) is 31.0 Å². The summed E-state index contributed by atoms with van der Waals surface area (Å²) < 4.78 is 10.8. The molecular formula is C49H98N2O4. The molecule has 0 saturated carbocycles. The third-order valence-corrected chi connectivity index (χ3v) is 11.9. The van der Waals surface area contributed by atoms with E-state index in [0.717, 1.165) is 51.2 Å². The molecule has 1 amide bonds. The van der Waals surface area contributed by atoms with Gasteiger partial charge in [-0.3, -0.25) is 9.59 Å². The lowest BCUT2D eigenvalue weighted by Gasteiger charge is -2.24. The van der Waals surface area contributed by atoms with Gasteiger partial charge in [-0.15, -0.1) is 0 Å². The highest BCUT2D eigenvalue weighted by molar-refractivity contribution is 5.84. The minimum absolute atomic E-state index is 0.0146. The third kappa shape index (κ3) is 36.9. The number of carbonyl (C=O) groups excluding carboxylic acids is 2. The number of amides is 1. The Hall–Kier alpha value is -1.14. The quantitative estimate of drug-likeness (QED) is 0.0493. The molecule has 1 N–H and O–H groups in total. The van der Waals surface area contributed by atoms with Crippen LogP contribution in [0.3, 0.4) is 0 Å². The Bertz CT molecular complexity index is 803. The van der Waals surface area contributed by atoms with E-state index < -0.39 is 5.60 Å². The van der Waals surface area contributed by atoms with Crippen molar-refractivity contribution < 1.29 is 19.1 Å². The van der Waals surface area contributed by atoms with Gasteiger partial charge in [-0.05, 0) is 71.5 Å². The zero-order valence-corrected chi connectivity index (χ0v) is 38.2. The molecule has 0 bridgehead atoms. The van der Waals surface area contributed by atoms with Crippen molar-refractivity contribution in [1.29, 1.82) is 0 Å². The molecule has 0 atom stereocenters. The predicted molar refractivity (Wildman–Crippen MR) is 239 cm³/mol. The molecule has 0 radical (unpaired) electrons. The molecule has 0 unspecified atom stereocenters. The van der Waals surface area contributed by atoms with Crippen LogP contribution in [0.1, 0.15) is 253 Å². The maximum absolute atomic E-state index is 12.5. The smallest absolute Gasteiger partial charge is 0.305 e. The van der Waals surface area contributed by atoms with Crippen molar-refractivity contribution >= 4 is 11.9 Å². The Morgan fingerprint density at radius 2 is 0.891 bits per heavy atom. The average molecular weight is 779 g/mol. The maximum atomic E-state index is 12.5. The number of nitrogens with zero attached hydrogens (tertiary/aromatic N) is 1. The SMILES string of the molecule is CCCCCCCCCOC(=O)CCCCCCCN(CCCCCCCC(CCCCCCCC)CCCCCCCC)CCCNC(=O)C(C)(C)OC. The number of carbonyl (C=O) groups is 2. The van der Waals surface area contributed by atoms with Crippen LogP contribution in [-0.2, 0) is 19.1 Å². The second-order valence-corrected chi connectivity index (χ2v) is 17.6. The first-order valence-corrected chi connectivity index (χ1v) is 24.5. The molecular weight excluding hydrogens is 681 g/mol. The summed E-state index contributed by atoms with van der Waals surface area (Å²) in [7, 11) is 1.59. The van der Waals surface area contributed by atoms with Crippen molar-refractivity contribution in [2.45, 2.75) is 259 Å². The summed E-state index contributed by atoms with van der Waals surface area (Å²) in [6.07, 6.45) is 44.0. The number of unbranched alkanes of at least 4 members (excludes halogenated alkanes) is 24. The largest absolute Gasteiger partial charge is 0.466 e. The van der Waals surface area contributed by atoms with Gasteiger partial charge in [0.2, 0.25) is 0 Å². The molecule has 0 aromatic rings. The Morgan fingerprint density at radius 3 is 1.35 bits per heavy atom. The summed E-state index contributed by atoms with van der Waals surface area (Å²) in [6, 6.07) is 0. The van der Waals surface area contributed by atoms with Crippen molar-refractivity contribution in [2.75, 3.05) is 39.9 Å². The lowest BCUT2D eigenvalue weighted by Crippen LogP contribution is -2.44. The molecule has 328 valence electrons. The Kier molecular flexibility index (Phi) is 40.2. The van der Waals surface area contributed by atoms with Gasteiger partial charge in [0.25, 0.3) is 5.91 Å². The molecule has 0 aliphatic heterocycles. The van der Waals surface area contributed by atoms with Crippen LogP contribution < -0.4 is 5.32 Å². The van der Waals surface area contributed by atoms with E-state index in [1.54, 1.807) is 7.11 Å². The van der Waals surface area contributed by atoms with Crippen LogP contribution in [0.5, 0.6) is 0 Å². The minimum Gasteiger partial charge on any atom is -0.466 e. The molecule has 0 aliphatic carbocycles. The van der Waals surface area contributed by atoms with Gasteiger partial charge in [0.1, 0.15) is 5.60 Å². The molecule has 0 aliphatic rings. The van der Waals surface area contributed by atoms with E-state index in [1.807, 2.05) is 13.8 Å². The van der Waals surface area contributed by atoms with E-state index >= 15 is 0 Å². The lowest BCUT2D eigenvalue weighted by atomic mass is 9.89. The highest BCUT2D eigenvalue weighted by Crippen LogP contribution is 2.25. The Labute approximate surface area is 344 Å². The number of esters is 1. The van der Waals surface area contributed by atoms with Crippen LogP contribution in [0.4, 0.5) is 0 Å². The molecule has 0 rings (SSSR count). The number of ether oxygens (including phenoxy) is 2. The number of nitrogens with one attached hydrogen (secondary N) is 1. The lowest BCUT2D eigenvalue weighted by molar-refractivity contribution is -0.144. The van der Waals surface area contributed by atoms with Crippen LogP contribution in [0.25, 0.3) is 0 Å². The van der Waals surface area contributed by atoms with E-state index in [0.29, 0.717) is 19.6 Å². The van der Waals surface area contributed by atoms with Crippen molar-refractivity contribution in [2.24, 2.45) is 5.92 Å². The molecule has 6 nitrogen and oxygen atoms in total. The third-order valence-electron chi connectivity index (χ3n) is 11.9. The van der Waals surface area contributed by atoms with Crippen molar-refractivity contribution in [3.63, 3.8) is 0 Å². The molecule has 6 heteroatoms. The van der Waals surface area contributed by atoms with Crippen LogP contribution in [0.2, 0.25) is 0 Å². The normalized spacial score (nSPS) is 11.9. The van der Waals surface area contributed by atoms with E-state index in [9.17, 15) is 9.59 Å². The first kappa shape index (κ1) is 53.9. The van der Waals surface area contributed by atoms with Crippen molar-refractivity contribution in [3.05, 3.63) is 0 Å². The van der Waals surface area contributed by atoms with Crippen LogP contribution in [0.15, 0.2) is 0 Å². The summed E-state index contributed by atoms with van der Waals surface area (Å²) in [6.45, 7) is 15.1. The summed E-state index contributed by atoms with van der Waals surface area (Å²) >= 11 is 0. The fraction of sp³-hybridized carbons (Fsp3) is 0.959. The monoisotopic (exact) mass is 779 g/mol. The second-order valence-electron chi connectivity index (χ2n) is 17.6. The number of hydrogen-bond acceptors (Lipinski definition) is 5. The Balaban J connectivity index is 4.45. The highest BCUT2D eigenvalue weighted by Gasteiger charge is 2.26. The standard InChI is InChI=1S/C49H98N2O4/c1-7-10-13-16-19-28-35-45-55-47(52)40-32-25-21-27-34-43-51(44-36-41-50-48(53)49(4,5)54-6)42-33-26-20-24-31-39-46(37-29-22-17-14-11-8-2)38-30-23-18-15-12-9-3/h46H,7-45H2,1-6H3,(H,50,53). The highest BCUT2D eigenvalue weighted by atomic mass is 16.5. The van der Waals surface area contributed by atoms with E-state index in [1.165, 1.54) is 186 Å². The van der Waals surface area contributed by atoms with Crippen molar-refractivity contribution in [1.82, 2.24) is 10.2 Å². The fourth-order valence-corrected chi connectivity index (χ4v) is 7.76. The summed E-state index contributed by atoms with van der Waals surface area (Å²) in [5, 5.41) is 3.08. The average Bonchev–Trinajstić information content (AvgIpc) is 3.18. The van der Waals surface area contributed by atoms with Crippen LogP contribution in [0, 0.1) is 5.92 Å². The van der Waals surface area contributed by atoms with E-state index in [4.69, 9.17) is 9.47 Å². The van der Waals surface area contributed by atoms with Gasteiger partial charge in [0.15, 0.2) is 0 Å². The maximum Gasteiger partial charge on any atom is 0.305 e. The van der Waals surface area contributed by atoms with Gasteiger partial charge in [-0.1, -0.05) is 201 Å². The van der Waals surface area contributed by atoms with Gasteiger partial charge < -0.3 is 19.7 Å². The first-order valence-electron chi connectivity index (χ1n) is 24.5. The molecule has 0 aromatic heterocycles. The molecule has 0 fully saturated rings. The van der Waals surface area contributed by atoms with Gasteiger partial charge >= 0.3 is 5.97 Å². The van der Waals surface area contributed by atoms with Gasteiger partial charge in [-0.2, -0.15) is 0 Å². The molecule has 0 heterocycles. The van der Waals surface area contributed by atoms with Gasteiger partial charge in [0, 0.05) is 20.1 Å². The molecule has 0 saturated heterocycles. The number of methoxy groups -OCH3 is 1. The summed E-state index contributed by atoms with van der Waals surface area (Å²) in [5.74, 6) is 0.903. The second kappa shape index (κ2) is 41.0. The number of rotatable bonds is 44. The van der Waals surface area contributed by atoms with Crippen LogP contribution >= 0.6 is 0 Å².